The Morgan fingerprint density at radius 2 is 1.96 bits per heavy atom. The smallest absolute Gasteiger partial charge is 0.121 e. The normalized spacial score (nSPS) is 12.2. The van der Waals surface area contributed by atoms with E-state index >= 15 is 0 Å². The maximum absolute atomic E-state index is 14.0. The topological polar surface area (TPSA) is 35.8 Å². The van der Waals surface area contributed by atoms with Gasteiger partial charge in [-0.1, -0.05) is 49.1 Å². The van der Waals surface area contributed by atoms with Gasteiger partial charge >= 0.3 is 0 Å². The molecule has 2 nitrogen and oxygen atoms in total. The van der Waals surface area contributed by atoms with E-state index in [9.17, 15) is 9.65 Å². The van der Waals surface area contributed by atoms with Gasteiger partial charge in [0.2, 0.25) is 0 Å². The van der Waals surface area contributed by atoms with Crippen LogP contribution in [0.4, 0.5) is 4.39 Å². The molecule has 2 aromatic carbocycles. The minimum absolute atomic E-state index is 0.371. The quantitative estimate of drug-likeness (QED) is 0.545. The molecule has 1 N–H and O–H groups in total. The lowest BCUT2D eigenvalue weighted by Gasteiger charge is -2.15. The number of allylic oxidation sites excluding steroid dienone is 3. The summed E-state index contributed by atoms with van der Waals surface area (Å²) >= 11 is 0. The molecule has 0 spiro atoms. The Kier molecular flexibility index (Phi) is 6.00. The van der Waals surface area contributed by atoms with E-state index in [1.807, 2.05) is 43.3 Å². The predicted molar refractivity (Wildman–Crippen MR) is 107 cm³/mol. The Bertz CT molecular complexity index is 880. The zero-order chi connectivity index (χ0) is 19.3. The number of benzene rings is 2. The van der Waals surface area contributed by atoms with Crippen LogP contribution in [0.15, 0.2) is 60.8 Å². The van der Waals surface area contributed by atoms with Crippen molar-refractivity contribution in [2.75, 3.05) is 7.05 Å². The SMILES string of the molecule is C=C/C(=C(/C#N)NC)c1cc(C)cc(-c2cccc(CC(C)(C)F)c2)c1. The molecule has 0 heterocycles. The highest BCUT2D eigenvalue weighted by atomic mass is 19.1. The number of hydrogen-bond donors (Lipinski definition) is 1. The van der Waals surface area contributed by atoms with Crippen molar-refractivity contribution in [1.82, 2.24) is 5.32 Å². The molecular weight excluding hydrogens is 323 g/mol. The molecule has 0 unspecified atom stereocenters. The van der Waals surface area contributed by atoms with Crippen molar-refractivity contribution in [3.8, 4) is 17.2 Å². The van der Waals surface area contributed by atoms with Crippen molar-refractivity contribution in [3.63, 3.8) is 0 Å². The minimum Gasteiger partial charge on any atom is -0.379 e. The van der Waals surface area contributed by atoms with Gasteiger partial charge in [0.1, 0.15) is 17.4 Å². The molecule has 0 radical (unpaired) electrons. The number of aryl methyl sites for hydroxylation is 1. The molecule has 26 heavy (non-hydrogen) atoms. The second kappa shape index (κ2) is 8.01. The molecule has 0 saturated heterocycles. The first-order chi connectivity index (χ1) is 12.3. The third-order valence-corrected chi connectivity index (χ3v) is 4.11. The number of hydrogen-bond acceptors (Lipinski definition) is 2. The fraction of sp³-hybridized carbons (Fsp3) is 0.261. The number of nitriles is 1. The third-order valence-electron chi connectivity index (χ3n) is 4.11. The number of halogens is 1. The third kappa shape index (κ3) is 4.83. The first-order valence-corrected chi connectivity index (χ1v) is 8.62. The zero-order valence-corrected chi connectivity index (χ0v) is 15.9. The molecule has 0 atom stereocenters. The fourth-order valence-corrected chi connectivity index (χ4v) is 3.07. The standard InChI is InChI=1S/C23H25FN2/c1-6-21(22(15-25)26-5)20-11-16(2)10-19(13-20)18-9-7-8-17(12-18)14-23(3,4)24/h6-13,26H,1,14H2,2-5H3/b22-21+. The van der Waals surface area contributed by atoms with E-state index in [-0.39, 0.29) is 0 Å². The Labute approximate surface area is 155 Å². The summed E-state index contributed by atoms with van der Waals surface area (Å²) < 4.78 is 14.0. The van der Waals surface area contributed by atoms with E-state index in [1.54, 1.807) is 27.0 Å². The summed E-state index contributed by atoms with van der Waals surface area (Å²) in [4.78, 5) is 0. The van der Waals surface area contributed by atoms with E-state index in [0.29, 0.717) is 12.1 Å². The van der Waals surface area contributed by atoms with Gasteiger partial charge < -0.3 is 5.32 Å². The molecular formula is C23H25FN2. The lowest BCUT2D eigenvalue weighted by atomic mass is 9.93. The van der Waals surface area contributed by atoms with Crippen molar-refractivity contribution < 1.29 is 4.39 Å². The molecule has 0 saturated carbocycles. The van der Waals surface area contributed by atoms with Crippen LogP contribution in [0, 0.1) is 18.3 Å². The highest BCUT2D eigenvalue weighted by Crippen LogP contribution is 2.29. The largest absolute Gasteiger partial charge is 0.379 e. The Morgan fingerprint density at radius 1 is 1.23 bits per heavy atom. The predicted octanol–water partition coefficient (Wildman–Crippen LogP) is 5.59. The van der Waals surface area contributed by atoms with Crippen LogP contribution in [0.2, 0.25) is 0 Å². The molecule has 134 valence electrons. The van der Waals surface area contributed by atoms with Gasteiger partial charge in [-0.05, 0) is 54.7 Å². The molecule has 0 aliphatic rings. The van der Waals surface area contributed by atoms with E-state index in [0.717, 1.165) is 33.4 Å². The molecule has 0 bridgehead atoms. The van der Waals surface area contributed by atoms with Gasteiger partial charge in [0.25, 0.3) is 0 Å². The second-order valence-electron chi connectivity index (χ2n) is 7.04. The van der Waals surface area contributed by atoms with Gasteiger partial charge in [0, 0.05) is 19.0 Å². The van der Waals surface area contributed by atoms with Crippen LogP contribution in [0.25, 0.3) is 16.7 Å². The van der Waals surface area contributed by atoms with E-state index in [2.05, 4.69) is 24.0 Å². The summed E-state index contributed by atoms with van der Waals surface area (Å²) in [6, 6.07) is 16.3. The maximum Gasteiger partial charge on any atom is 0.121 e. The molecule has 3 heteroatoms. The number of alkyl halides is 1. The summed E-state index contributed by atoms with van der Waals surface area (Å²) in [5, 5.41) is 12.3. The molecule has 2 aromatic rings. The zero-order valence-electron chi connectivity index (χ0n) is 15.9. The van der Waals surface area contributed by atoms with Gasteiger partial charge in [-0.2, -0.15) is 5.26 Å². The van der Waals surface area contributed by atoms with Crippen LogP contribution in [0.1, 0.15) is 30.5 Å². The second-order valence-corrected chi connectivity index (χ2v) is 7.04. The average Bonchev–Trinajstić information content (AvgIpc) is 2.57. The highest BCUT2D eigenvalue weighted by Gasteiger charge is 2.16. The van der Waals surface area contributed by atoms with Crippen LogP contribution in [0.3, 0.4) is 0 Å². The number of nitrogens with zero attached hydrogens (tertiary/aromatic N) is 1. The molecule has 2 rings (SSSR count). The van der Waals surface area contributed by atoms with Gasteiger partial charge in [-0.3, -0.25) is 0 Å². The highest BCUT2D eigenvalue weighted by molar-refractivity contribution is 5.81. The van der Waals surface area contributed by atoms with Gasteiger partial charge in [-0.25, -0.2) is 4.39 Å². The summed E-state index contributed by atoms with van der Waals surface area (Å²) in [5.41, 5.74) is 5.03. The first-order valence-electron chi connectivity index (χ1n) is 8.62. The molecule has 0 aliphatic heterocycles. The Hall–Kier alpha value is -2.86. The van der Waals surface area contributed by atoms with E-state index in [4.69, 9.17) is 0 Å². The van der Waals surface area contributed by atoms with Crippen molar-refractivity contribution in [3.05, 3.63) is 77.5 Å². The fourth-order valence-electron chi connectivity index (χ4n) is 3.07. The van der Waals surface area contributed by atoms with Crippen LogP contribution < -0.4 is 5.32 Å². The summed E-state index contributed by atoms with van der Waals surface area (Å²) in [5.74, 6) is 0. The lowest BCUT2D eigenvalue weighted by molar-refractivity contribution is 0.217. The average molecular weight is 348 g/mol. The van der Waals surface area contributed by atoms with Crippen molar-refractivity contribution in [2.45, 2.75) is 32.9 Å². The van der Waals surface area contributed by atoms with Crippen LogP contribution in [-0.4, -0.2) is 12.7 Å². The Morgan fingerprint density at radius 3 is 2.54 bits per heavy atom. The summed E-state index contributed by atoms with van der Waals surface area (Å²) in [7, 11) is 1.72. The summed E-state index contributed by atoms with van der Waals surface area (Å²) in [6.45, 7) is 9.05. The van der Waals surface area contributed by atoms with Crippen LogP contribution in [0.5, 0.6) is 0 Å². The van der Waals surface area contributed by atoms with E-state index in [1.165, 1.54) is 0 Å². The number of rotatable bonds is 6. The van der Waals surface area contributed by atoms with Gasteiger partial charge in [0.05, 0.1) is 0 Å². The van der Waals surface area contributed by atoms with E-state index < -0.39 is 5.67 Å². The van der Waals surface area contributed by atoms with Crippen LogP contribution in [-0.2, 0) is 6.42 Å². The van der Waals surface area contributed by atoms with Crippen molar-refractivity contribution >= 4 is 5.57 Å². The van der Waals surface area contributed by atoms with Gasteiger partial charge in [-0.15, -0.1) is 0 Å². The molecule has 0 fully saturated rings. The van der Waals surface area contributed by atoms with Crippen LogP contribution >= 0.6 is 0 Å². The first kappa shape index (κ1) is 19.5. The van der Waals surface area contributed by atoms with Crippen molar-refractivity contribution in [1.29, 1.82) is 5.26 Å². The monoisotopic (exact) mass is 348 g/mol. The Balaban J connectivity index is 2.55. The molecule has 0 aromatic heterocycles. The lowest BCUT2D eigenvalue weighted by Crippen LogP contribution is -2.15. The van der Waals surface area contributed by atoms with Gasteiger partial charge in [0.15, 0.2) is 0 Å². The number of nitrogens with one attached hydrogen (secondary N) is 1. The molecule has 0 amide bonds. The minimum atomic E-state index is -1.25. The summed E-state index contributed by atoms with van der Waals surface area (Å²) in [6.07, 6.45) is 2.06. The van der Waals surface area contributed by atoms with Crippen molar-refractivity contribution in [2.24, 2.45) is 0 Å². The molecule has 0 aliphatic carbocycles. The maximum atomic E-state index is 14.0.